The van der Waals surface area contributed by atoms with Gasteiger partial charge in [0.05, 0.1) is 0 Å². The Labute approximate surface area is 74.0 Å². The normalized spacial score (nSPS) is 16.1. The van der Waals surface area contributed by atoms with Gasteiger partial charge in [-0.25, -0.2) is 0 Å². The van der Waals surface area contributed by atoms with Crippen LogP contribution < -0.4 is 5.73 Å². The molecule has 0 aromatic carbocycles. The zero-order chi connectivity index (χ0) is 9.72. The summed E-state index contributed by atoms with van der Waals surface area (Å²) in [6.07, 6.45) is 1.47. The van der Waals surface area contributed by atoms with Gasteiger partial charge in [-0.3, -0.25) is 4.79 Å². The lowest BCUT2D eigenvalue weighted by molar-refractivity contribution is -0.138. The summed E-state index contributed by atoms with van der Waals surface area (Å²) in [6.45, 7) is 6.40. The van der Waals surface area contributed by atoms with Crippen molar-refractivity contribution >= 4 is 5.97 Å². The van der Waals surface area contributed by atoms with Crippen molar-refractivity contribution in [3.63, 3.8) is 0 Å². The Kier molecular flexibility index (Phi) is 4.90. The van der Waals surface area contributed by atoms with E-state index in [4.69, 9.17) is 10.8 Å². The topological polar surface area (TPSA) is 63.3 Å². The first-order valence-electron chi connectivity index (χ1n) is 4.43. The van der Waals surface area contributed by atoms with Gasteiger partial charge in [-0.15, -0.1) is 0 Å². The quantitative estimate of drug-likeness (QED) is 0.661. The van der Waals surface area contributed by atoms with Crippen molar-refractivity contribution < 1.29 is 9.90 Å². The van der Waals surface area contributed by atoms with Crippen LogP contribution in [0, 0.1) is 11.8 Å². The molecule has 3 heteroatoms. The van der Waals surface area contributed by atoms with Crippen LogP contribution in [0.1, 0.15) is 33.6 Å². The van der Waals surface area contributed by atoms with Crippen molar-refractivity contribution in [2.45, 2.75) is 39.7 Å². The first-order chi connectivity index (χ1) is 5.45. The molecule has 0 aromatic heterocycles. The van der Waals surface area contributed by atoms with Crippen LogP contribution in [0.15, 0.2) is 0 Å². The lowest BCUT2D eigenvalue weighted by Gasteiger charge is -2.16. The van der Waals surface area contributed by atoms with Crippen LogP contribution in [-0.2, 0) is 4.79 Å². The minimum Gasteiger partial charge on any atom is -0.480 e. The molecule has 0 aliphatic carbocycles. The van der Waals surface area contributed by atoms with Gasteiger partial charge in [0.15, 0.2) is 0 Å². The number of carboxylic acids is 1. The van der Waals surface area contributed by atoms with Crippen molar-refractivity contribution in [2.75, 3.05) is 0 Å². The van der Waals surface area contributed by atoms with Crippen LogP contribution >= 0.6 is 0 Å². The summed E-state index contributed by atoms with van der Waals surface area (Å²) in [5, 5.41) is 8.51. The minimum absolute atomic E-state index is 0.551. The van der Waals surface area contributed by atoms with E-state index in [9.17, 15) is 4.79 Å². The maximum atomic E-state index is 10.4. The highest BCUT2D eigenvalue weighted by Gasteiger charge is 2.14. The maximum absolute atomic E-state index is 10.4. The van der Waals surface area contributed by atoms with E-state index in [1.807, 2.05) is 0 Å². The molecule has 3 N–H and O–H groups in total. The molecule has 0 rings (SSSR count). The standard InChI is InChI=1S/C9H19NO2/c1-6(2)7(3)4-5-8(10)9(11)12/h6-8H,4-5,10H2,1-3H3,(H,11,12)/t7-,8?/m1/s1. The molecule has 0 aromatic rings. The van der Waals surface area contributed by atoms with Gasteiger partial charge < -0.3 is 10.8 Å². The van der Waals surface area contributed by atoms with E-state index >= 15 is 0 Å². The van der Waals surface area contributed by atoms with Gasteiger partial charge in [0.25, 0.3) is 0 Å². The molecule has 0 fully saturated rings. The fourth-order valence-corrected chi connectivity index (χ4v) is 0.899. The second kappa shape index (κ2) is 5.14. The van der Waals surface area contributed by atoms with E-state index in [-0.39, 0.29) is 0 Å². The van der Waals surface area contributed by atoms with Crippen LogP contribution in [0.5, 0.6) is 0 Å². The van der Waals surface area contributed by atoms with Crippen LogP contribution in [0.4, 0.5) is 0 Å². The van der Waals surface area contributed by atoms with Crippen molar-refractivity contribution in [1.29, 1.82) is 0 Å². The zero-order valence-corrected chi connectivity index (χ0v) is 8.08. The number of carboxylic acid groups (broad SMARTS) is 1. The molecule has 0 heterocycles. The predicted octanol–water partition coefficient (Wildman–Crippen LogP) is 1.47. The van der Waals surface area contributed by atoms with Crippen molar-refractivity contribution in [3.8, 4) is 0 Å². The fraction of sp³-hybridized carbons (Fsp3) is 0.889. The van der Waals surface area contributed by atoms with Gasteiger partial charge in [0.1, 0.15) is 6.04 Å². The van der Waals surface area contributed by atoms with Crippen LogP contribution in [0.2, 0.25) is 0 Å². The van der Waals surface area contributed by atoms with Gasteiger partial charge in [-0.05, 0) is 24.7 Å². The molecule has 3 nitrogen and oxygen atoms in total. The second-order valence-corrected chi connectivity index (χ2v) is 3.74. The molecule has 0 amide bonds. The molecule has 0 saturated carbocycles. The SMILES string of the molecule is CC(C)[C@H](C)CCC(N)C(=O)O. The summed E-state index contributed by atoms with van der Waals surface area (Å²) < 4.78 is 0. The molecule has 1 unspecified atom stereocenters. The molecule has 0 aliphatic rings. The lowest BCUT2D eigenvalue weighted by atomic mass is 9.92. The number of hydrogen-bond donors (Lipinski definition) is 2. The number of rotatable bonds is 5. The molecule has 12 heavy (non-hydrogen) atoms. The minimum atomic E-state index is -0.897. The van der Waals surface area contributed by atoms with Crippen LogP contribution in [-0.4, -0.2) is 17.1 Å². The summed E-state index contributed by atoms with van der Waals surface area (Å²) in [5.74, 6) is 0.257. The van der Waals surface area contributed by atoms with E-state index in [0.717, 1.165) is 6.42 Å². The monoisotopic (exact) mass is 173 g/mol. The van der Waals surface area contributed by atoms with Gasteiger partial charge in [0, 0.05) is 0 Å². The van der Waals surface area contributed by atoms with Crippen molar-refractivity contribution in [2.24, 2.45) is 17.6 Å². The van der Waals surface area contributed by atoms with Gasteiger partial charge in [-0.2, -0.15) is 0 Å². The Balaban J connectivity index is 3.61. The summed E-state index contributed by atoms with van der Waals surface area (Å²) in [7, 11) is 0. The molecule has 0 aliphatic heterocycles. The molecule has 72 valence electrons. The summed E-state index contributed by atoms with van der Waals surface area (Å²) in [6, 6.07) is -0.689. The smallest absolute Gasteiger partial charge is 0.320 e. The average molecular weight is 173 g/mol. The van der Waals surface area contributed by atoms with E-state index in [0.29, 0.717) is 18.3 Å². The molecule has 0 bridgehead atoms. The molecule has 0 saturated heterocycles. The van der Waals surface area contributed by atoms with E-state index in [1.54, 1.807) is 0 Å². The Bertz CT molecular complexity index is 145. The largest absolute Gasteiger partial charge is 0.480 e. The maximum Gasteiger partial charge on any atom is 0.320 e. The summed E-state index contributed by atoms with van der Waals surface area (Å²) in [5.41, 5.74) is 5.37. The molecule has 2 atom stereocenters. The van der Waals surface area contributed by atoms with E-state index < -0.39 is 12.0 Å². The van der Waals surface area contributed by atoms with Crippen molar-refractivity contribution in [3.05, 3.63) is 0 Å². The number of carbonyl (C=O) groups is 1. The number of hydrogen-bond acceptors (Lipinski definition) is 2. The van der Waals surface area contributed by atoms with Gasteiger partial charge in [-0.1, -0.05) is 20.8 Å². The third kappa shape index (κ3) is 4.34. The first kappa shape index (κ1) is 11.4. The van der Waals surface area contributed by atoms with Gasteiger partial charge in [0.2, 0.25) is 0 Å². The molecule has 0 spiro atoms. The second-order valence-electron chi connectivity index (χ2n) is 3.74. The third-order valence-electron chi connectivity index (χ3n) is 2.39. The lowest BCUT2D eigenvalue weighted by Crippen LogP contribution is -2.30. The Morgan fingerprint density at radius 1 is 1.33 bits per heavy atom. The molecular formula is C9H19NO2. The zero-order valence-electron chi connectivity index (χ0n) is 8.08. The average Bonchev–Trinajstić information content (AvgIpc) is 1.98. The Morgan fingerprint density at radius 3 is 2.17 bits per heavy atom. The molecular weight excluding hydrogens is 154 g/mol. The number of aliphatic carboxylic acids is 1. The third-order valence-corrected chi connectivity index (χ3v) is 2.39. The number of nitrogens with two attached hydrogens (primary N) is 1. The van der Waals surface area contributed by atoms with Crippen molar-refractivity contribution in [1.82, 2.24) is 0 Å². The summed E-state index contributed by atoms with van der Waals surface area (Å²) >= 11 is 0. The highest BCUT2D eigenvalue weighted by Crippen LogP contribution is 2.16. The van der Waals surface area contributed by atoms with Crippen LogP contribution in [0.25, 0.3) is 0 Å². The first-order valence-corrected chi connectivity index (χ1v) is 4.43. The predicted molar refractivity (Wildman–Crippen MR) is 48.8 cm³/mol. The fourth-order valence-electron chi connectivity index (χ4n) is 0.899. The van der Waals surface area contributed by atoms with E-state index in [2.05, 4.69) is 20.8 Å². The van der Waals surface area contributed by atoms with E-state index in [1.165, 1.54) is 0 Å². The highest BCUT2D eigenvalue weighted by atomic mass is 16.4. The van der Waals surface area contributed by atoms with Crippen LogP contribution in [0.3, 0.4) is 0 Å². The highest BCUT2D eigenvalue weighted by molar-refractivity contribution is 5.72. The Morgan fingerprint density at radius 2 is 1.83 bits per heavy atom. The Hall–Kier alpha value is -0.570. The summed E-state index contributed by atoms with van der Waals surface area (Å²) in [4.78, 5) is 10.4. The van der Waals surface area contributed by atoms with Gasteiger partial charge >= 0.3 is 5.97 Å². The molecule has 0 radical (unpaired) electrons.